The number of hydrogen-bond donors (Lipinski definition) is 2. The number of hydrogen-bond acceptors (Lipinski definition) is 3. The van der Waals surface area contributed by atoms with E-state index in [4.69, 9.17) is 0 Å². The van der Waals surface area contributed by atoms with Crippen LogP contribution in [0.4, 0.5) is 0 Å². The highest BCUT2D eigenvalue weighted by Crippen LogP contribution is 2.37. The van der Waals surface area contributed by atoms with E-state index in [0.29, 0.717) is 16.6 Å². The van der Waals surface area contributed by atoms with Gasteiger partial charge < -0.3 is 5.32 Å². The molecular weight excluding hydrogens is 591 g/mol. The van der Waals surface area contributed by atoms with Crippen molar-refractivity contribution >= 4 is 38.4 Å². The molecule has 0 atom stereocenters. The van der Waals surface area contributed by atoms with Gasteiger partial charge in [-0.25, -0.2) is 0 Å². The van der Waals surface area contributed by atoms with Crippen LogP contribution in [-0.2, 0) is 16.5 Å². The predicted octanol–water partition coefficient (Wildman–Crippen LogP) is 9.01. The van der Waals surface area contributed by atoms with Gasteiger partial charge in [0.05, 0.1) is 5.56 Å². The lowest BCUT2D eigenvalue weighted by atomic mass is 9.85. The van der Waals surface area contributed by atoms with Crippen LogP contribution in [0, 0.1) is 20.8 Å². The van der Waals surface area contributed by atoms with Crippen LogP contribution >= 0.6 is 0 Å². The second-order valence-corrected chi connectivity index (χ2v) is 13.5. The topological polar surface area (TPSA) is 83.5 Å². The minimum atomic E-state index is -4.81. The van der Waals surface area contributed by atoms with Gasteiger partial charge in [0.25, 0.3) is 16.0 Å². The maximum Gasteiger partial charge on any atom is 0.295 e. The standard InChI is InChI=1S/C40H37NO4S/c1-26-21-27(2)35(28(3)22-26)25-33-24-32-17-10-11-20-34(32)37(39(33)46(43,44)45)40(42)41-38(31-18-12-19-31)36(30-15-8-5-9-16-30)23-29-13-6-4-7-14-29/h4-11,13-17,20-24H,12,18-19,25H2,1-3H3,(H,41,42)(H,43,44,45)/b36-23+. The number of benzene rings is 5. The number of carbonyl (C=O) groups excluding carboxylic acids is 1. The average molecular weight is 628 g/mol. The molecule has 6 heteroatoms. The normalized spacial score (nSPS) is 13.4. The molecule has 0 aromatic heterocycles. The van der Waals surface area contributed by atoms with Crippen molar-refractivity contribution < 1.29 is 17.8 Å². The number of nitrogens with one attached hydrogen (secondary N) is 1. The molecule has 0 radical (unpaired) electrons. The smallest absolute Gasteiger partial charge is 0.295 e. The van der Waals surface area contributed by atoms with E-state index in [9.17, 15) is 17.8 Å². The molecule has 2 N–H and O–H groups in total. The largest absolute Gasteiger partial charge is 0.321 e. The number of allylic oxidation sites excluding steroid dienone is 2. The van der Waals surface area contributed by atoms with E-state index < -0.39 is 16.0 Å². The number of amides is 1. The van der Waals surface area contributed by atoms with Crippen molar-refractivity contribution in [2.75, 3.05) is 0 Å². The van der Waals surface area contributed by atoms with Crippen molar-refractivity contribution in [3.63, 3.8) is 0 Å². The molecule has 5 nitrogen and oxygen atoms in total. The fourth-order valence-corrected chi connectivity index (χ4v) is 7.40. The summed E-state index contributed by atoms with van der Waals surface area (Å²) in [5.41, 5.74) is 8.96. The van der Waals surface area contributed by atoms with E-state index in [1.807, 2.05) is 93.6 Å². The van der Waals surface area contributed by atoms with Gasteiger partial charge in [-0.05, 0) is 108 Å². The Morgan fingerprint density at radius 3 is 2.04 bits per heavy atom. The first kappa shape index (κ1) is 31.2. The summed E-state index contributed by atoms with van der Waals surface area (Å²) in [6, 6.07) is 32.9. The molecule has 232 valence electrons. The second-order valence-electron chi connectivity index (χ2n) is 12.1. The zero-order valence-corrected chi connectivity index (χ0v) is 27.1. The highest BCUT2D eigenvalue weighted by Gasteiger charge is 2.30. The molecule has 5 aromatic carbocycles. The summed E-state index contributed by atoms with van der Waals surface area (Å²) in [6.07, 6.45) is 4.96. The van der Waals surface area contributed by atoms with Crippen LogP contribution in [0.3, 0.4) is 0 Å². The molecule has 1 aliphatic rings. The molecule has 1 aliphatic carbocycles. The lowest BCUT2D eigenvalue weighted by Crippen LogP contribution is -2.28. The van der Waals surface area contributed by atoms with E-state index in [2.05, 4.69) is 23.5 Å². The van der Waals surface area contributed by atoms with Gasteiger partial charge in [-0.2, -0.15) is 8.42 Å². The molecule has 0 saturated heterocycles. The van der Waals surface area contributed by atoms with Crippen molar-refractivity contribution in [3.8, 4) is 0 Å². The number of fused-ring (bicyclic) bond motifs is 1. The molecule has 5 aromatic rings. The first-order valence-corrected chi connectivity index (χ1v) is 17.0. The quantitative estimate of drug-likeness (QED) is 0.133. The third kappa shape index (κ3) is 6.45. The SMILES string of the molecule is Cc1cc(C)c(Cc2cc3ccccc3c(C(=O)NC(=C3CCC3)/C(=C/c3ccccc3)c3ccccc3)c2S(=O)(=O)O)c(C)c1. The van der Waals surface area contributed by atoms with Gasteiger partial charge in [0.2, 0.25) is 0 Å². The molecule has 1 fully saturated rings. The Hall–Kier alpha value is -4.78. The van der Waals surface area contributed by atoms with E-state index in [1.54, 1.807) is 18.2 Å². The summed E-state index contributed by atoms with van der Waals surface area (Å²) in [5, 5.41) is 4.36. The van der Waals surface area contributed by atoms with Crippen molar-refractivity contribution in [2.45, 2.75) is 51.3 Å². The van der Waals surface area contributed by atoms with Crippen LogP contribution in [0.5, 0.6) is 0 Å². The maximum atomic E-state index is 14.6. The van der Waals surface area contributed by atoms with E-state index in [1.165, 1.54) is 0 Å². The van der Waals surface area contributed by atoms with Crippen LogP contribution < -0.4 is 5.32 Å². The molecule has 1 amide bonds. The molecule has 0 aliphatic heterocycles. The third-order valence-electron chi connectivity index (χ3n) is 8.79. The molecular formula is C40H37NO4S. The predicted molar refractivity (Wildman–Crippen MR) is 186 cm³/mol. The van der Waals surface area contributed by atoms with Crippen LogP contribution in [-0.4, -0.2) is 18.9 Å². The fourth-order valence-electron chi connectivity index (χ4n) is 6.48. The minimum absolute atomic E-state index is 0.0532. The zero-order chi connectivity index (χ0) is 32.4. The number of rotatable bonds is 8. The van der Waals surface area contributed by atoms with Crippen molar-refractivity contribution in [1.82, 2.24) is 5.32 Å². The maximum absolute atomic E-state index is 14.6. The molecule has 0 spiro atoms. The first-order valence-electron chi connectivity index (χ1n) is 15.5. The molecule has 6 rings (SSSR count). The summed E-state index contributed by atoms with van der Waals surface area (Å²) >= 11 is 0. The van der Waals surface area contributed by atoms with Crippen LogP contribution in [0.1, 0.15) is 68.6 Å². The van der Waals surface area contributed by atoms with Gasteiger partial charge in [-0.15, -0.1) is 0 Å². The molecule has 0 heterocycles. The van der Waals surface area contributed by atoms with Crippen molar-refractivity contribution in [2.24, 2.45) is 0 Å². The van der Waals surface area contributed by atoms with Gasteiger partial charge in [-0.1, -0.05) is 103 Å². The van der Waals surface area contributed by atoms with Crippen molar-refractivity contribution in [1.29, 1.82) is 0 Å². The Bertz CT molecular complexity index is 2100. The van der Waals surface area contributed by atoms with E-state index in [0.717, 1.165) is 69.2 Å². The fraction of sp³-hybridized carbons (Fsp3) is 0.175. The average Bonchev–Trinajstić information content (AvgIpc) is 3.00. The zero-order valence-electron chi connectivity index (χ0n) is 26.3. The first-order chi connectivity index (χ1) is 22.1. The molecule has 0 unspecified atom stereocenters. The molecule has 1 saturated carbocycles. The second kappa shape index (κ2) is 12.9. The van der Waals surface area contributed by atoms with Crippen molar-refractivity contribution in [3.05, 3.63) is 159 Å². The number of aryl methyl sites for hydroxylation is 3. The van der Waals surface area contributed by atoms with Crippen LogP contribution in [0.2, 0.25) is 0 Å². The third-order valence-corrected chi connectivity index (χ3v) is 9.77. The van der Waals surface area contributed by atoms with Gasteiger partial charge in [0.1, 0.15) is 4.90 Å². The summed E-state index contributed by atoms with van der Waals surface area (Å²) in [7, 11) is -4.81. The Labute approximate surface area is 271 Å². The van der Waals surface area contributed by atoms with E-state index in [-0.39, 0.29) is 16.9 Å². The van der Waals surface area contributed by atoms with Crippen LogP contribution in [0.25, 0.3) is 22.4 Å². The highest BCUT2D eigenvalue weighted by molar-refractivity contribution is 7.86. The lowest BCUT2D eigenvalue weighted by molar-refractivity contribution is 0.0964. The summed E-state index contributed by atoms with van der Waals surface area (Å²) < 4.78 is 37.3. The highest BCUT2D eigenvalue weighted by atomic mass is 32.2. The lowest BCUT2D eigenvalue weighted by Gasteiger charge is -2.26. The van der Waals surface area contributed by atoms with E-state index >= 15 is 0 Å². The summed E-state index contributed by atoms with van der Waals surface area (Å²) in [6.45, 7) is 6.02. The van der Waals surface area contributed by atoms with Gasteiger partial charge in [-0.3, -0.25) is 9.35 Å². The van der Waals surface area contributed by atoms with Crippen LogP contribution in [0.15, 0.2) is 119 Å². The molecule has 46 heavy (non-hydrogen) atoms. The Balaban J connectivity index is 1.54. The number of carbonyl (C=O) groups is 1. The van der Waals surface area contributed by atoms with Gasteiger partial charge >= 0.3 is 0 Å². The Kier molecular flexibility index (Phi) is 8.76. The summed E-state index contributed by atoms with van der Waals surface area (Å²) in [4.78, 5) is 14.3. The van der Waals surface area contributed by atoms with Gasteiger partial charge in [0.15, 0.2) is 0 Å². The minimum Gasteiger partial charge on any atom is -0.321 e. The Morgan fingerprint density at radius 1 is 0.826 bits per heavy atom. The Morgan fingerprint density at radius 2 is 1.43 bits per heavy atom. The summed E-state index contributed by atoms with van der Waals surface area (Å²) in [5.74, 6) is -0.577. The molecule has 0 bridgehead atoms. The monoisotopic (exact) mass is 627 g/mol. The van der Waals surface area contributed by atoms with Gasteiger partial charge in [0, 0.05) is 11.3 Å².